The van der Waals surface area contributed by atoms with Crippen molar-refractivity contribution in [3.05, 3.63) is 75.7 Å². The second-order valence-electron chi connectivity index (χ2n) is 7.63. The molecule has 3 aromatic heterocycles. The molecule has 0 radical (unpaired) electrons. The Morgan fingerprint density at radius 1 is 1.21 bits per heavy atom. The second kappa shape index (κ2) is 9.17. The standard InChI is InChI=1S/C23H21ClN6OS2/c1-32-11-9-17(22-28-27-19-4-2-3-10-29(19)22)30-12-18(31)20(21(30)25)23-26-16(13-33-23)14-5-7-15(24)8-6-14/h2-8,10,13,17,25,31H,9,11-12H2,1H3/t17-/m0/s1. The number of amidine groups is 1. The Kier molecular flexibility index (Phi) is 6.09. The van der Waals surface area contributed by atoms with Gasteiger partial charge in [-0.05, 0) is 42.7 Å². The number of thiazole rings is 1. The van der Waals surface area contributed by atoms with Crippen LogP contribution in [-0.2, 0) is 0 Å². The predicted octanol–water partition coefficient (Wildman–Crippen LogP) is 5.56. The van der Waals surface area contributed by atoms with Crippen molar-refractivity contribution < 1.29 is 5.11 Å². The number of aliphatic hydroxyl groups is 1. The molecule has 4 heterocycles. The monoisotopic (exact) mass is 496 g/mol. The summed E-state index contributed by atoms with van der Waals surface area (Å²) in [7, 11) is 0. The fourth-order valence-corrected chi connectivity index (χ4v) is 5.45. The van der Waals surface area contributed by atoms with E-state index in [2.05, 4.69) is 16.5 Å². The molecule has 1 aliphatic rings. The summed E-state index contributed by atoms with van der Waals surface area (Å²) in [6, 6.07) is 13.1. The van der Waals surface area contributed by atoms with Gasteiger partial charge in [0.2, 0.25) is 0 Å². The molecule has 0 amide bonds. The number of hydrogen-bond acceptors (Lipinski definition) is 7. The first-order chi connectivity index (χ1) is 16.1. The zero-order chi connectivity index (χ0) is 22.9. The quantitative estimate of drug-likeness (QED) is 0.348. The highest BCUT2D eigenvalue weighted by molar-refractivity contribution is 7.98. The van der Waals surface area contributed by atoms with E-state index in [0.717, 1.165) is 34.9 Å². The van der Waals surface area contributed by atoms with Gasteiger partial charge in [-0.25, -0.2) is 4.98 Å². The van der Waals surface area contributed by atoms with Crippen molar-refractivity contribution in [2.75, 3.05) is 18.6 Å². The summed E-state index contributed by atoms with van der Waals surface area (Å²) in [5.41, 5.74) is 2.97. The van der Waals surface area contributed by atoms with Crippen molar-refractivity contribution in [3.8, 4) is 11.3 Å². The van der Waals surface area contributed by atoms with Crippen LogP contribution in [0.2, 0.25) is 5.02 Å². The number of aromatic nitrogens is 4. The molecule has 0 saturated heterocycles. The van der Waals surface area contributed by atoms with Crippen LogP contribution in [0, 0.1) is 5.41 Å². The van der Waals surface area contributed by atoms with Crippen molar-refractivity contribution in [3.63, 3.8) is 0 Å². The van der Waals surface area contributed by atoms with Crippen molar-refractivity contribution in [1.29, 1.82) is 5.41 Å². The van der Waals surface area contributed by atoms with Crippen LogP contribution in [0.15, 0.2) is 59.8 Å². The summed E-state index contributed by atoms with van der Waals surface area (Å²) in [6.07, 6.45) is 4.76. The third kappa shape index (κ3) is 4.12. The summed E-state index contributed by atoms with van der Waals surface area (Å²) in [6.45, 7) is 0.241. The number of aliphatic hydroxyl groups excluding tert-OH is 1. The zero-order valence-electron chi connectivity index (χ0n) is 17.8. The highest BCUT2D eigenvalue weighted by atomic mass is 35.5. The molecular formula is C23H21ClN6OS2. The van der Waals surface area contributed by atoms with Crippen molar-refractivity contribution in [2.24, 2.45) is 0 Å². The third-order valence-corrected chi connectivity index (χ3v) is 7.36. The van der Waals surface area contributed by atoms with E-state index < -0.39 is 0 Å². The Balaban J connectivity index is 1.46. The van der Waals surface area contributed by atoms with E-state index in [1.54, 1.807) is 11.8 Å². The van der Waals surface area contributed by atoms with E-state index in [4.69, 9.17) is 22.0 Å². The lowest BCUT2D eigenvalue weighted by Crippen LogP contribution is -2.33. The highest BCUT2D eigenvalue weighted by Crippen LogP contribution is 2.37. The van der Waals surface area contributed by atoms with Crippen molar-refractivity contribution in [2.45, 2.75) is 12.5 Å². The fourth-order valence-electron chi connectivity index (χ4n) is 3.97. The summed E-state index contributed by atoms with van der Waals surface area (Å²) in [4.78, 5) is 6.61. The van der Waals surface area contributed by atoms with E-state index in [0.29, 0.717) is 15.6 Å². The molecule has 2 N–H and O–H groups in total. The first-order valence-electron chi connectivity index (χ1n) is 10.3. The molecular weight excluding hydrogens is 476 g/mol. The summed E-state index contributed by atoms with van der Waals surface area (Å²) < 4.78 is 1.95. The van der Waals surface area contributed by atoms with Crippen LogP contribution in [0.4, 0.5) is 0 Å². The Morgan fingerprint density at radius 2 is 2.03 bits per heavy atom. The number of benzene rings is 1. The fraction of sp³-hybridized carbons (Fsp3) is 0.217. The maximum Gasteiger partial charge on any atom is 0.160 e. The van der Waals surface area contributed by atoms with Crippen LogP contribution in [0.1, 0.15) is 23.3 Å². The Hall–Kier alpha value is -2.88. The molecule has 0 unspecified atom stereocenters. The average molecular weight is 497 g/mol. The SMILES string of the molecule is CSCC[C@@H](c1nnc2ccccn12)N1CC(O)=C(c2nc(-c3ccc(Cl)cc3)cs2)C1=N. The van der Waals surface area contributed by atoms with E-state index >= 15 is 0 Å². The lowest BCUT2D eigenvalue weighted by Gasteiger charge is -2.28. The molecule has 7 nitrogen and oxygen atoms in total. The van der Waals surface area contributed by atoms with Crippen LogP contribution >= 0.6 is 34.7 Å². The first-order valence-corrected chi connectivity index (χ1v) is 13.0. The molecule has 0 saturated carbocycles. The lowest BCUT2D eigenvalue weighted by atomic mass is 10.1. The lowest BCUT2D eigenvalue weighted by molar-refractivity contribution is 0.283. The van der Waals surface area contributed by atoms with Crippen LogP contribution in [0.3, 0.4) is 0 Å². The van der Waals surface area contributed by atoms with Gasteiger partial charge in [-0.1, -0.05) is 29.8 Å². The van der Waals surface area contributed by atoms with Gasteiger partial charge in [0.25, 0.3) is 0 Å². The number of pyridine rings is 1. The van der Waals surface area contributed by atoms with Crippen molar-refractivity contribution >= 4 is 51.8 Å². The number of nitrogens with one attached hydrogen (secondary N) is 1. The van der Waals surface area contributed by atoms with Crippen molar-refractivity contribution in [1.82, 2.24) is 24.5 Å². The number of fused-ring (bicyclic) bond motifs is 1. The molecule has 4 aromatic rings. The maximum absolute atomic E-state index is 10.9. The summed E-state index contributed by atoms with van der Waals surface area (Å²) in [5.74, 6) is 2.06. The van der Waals surface area contributed by atoms with Crippen LogP contribution in [-0.4, -0.2) is 54.0 Å². The maximum atomic E-state index is 10.9. The second-order valence-corrected chi connectivity index (χ2v) is 9.91. The minimum Gasteiger partial charge on any atom is -0.510 e. The van der Waals surface area contributed by atoms with Gasteiger partial charge in [0.1, 0.15) is 16.6 Å². The number of halogens is 1. The molecule has 5 rings (SSSR count). The van der Waals surface area contributed by atoms with E-state index in [1.165, 1.54) is 11.3 Å². The molecule has 1 aromatic carbocycles. The van der Waals surface area contributed by atoms with E-state index in [-0.39, 0.29) is 24.2 Å². The number of nitrogens with zero attached hydrogens (tertiary/aromatic N) is 5. The molecule has 168 valence electrons. The number of hydrogen-bond donors (Lipinski definition) is 2. The molecule has 0 fully saturated rings. The third-order valence-electron chi connectivity index (χ3n) is 5.60. The molecule has 10 heteroatoms. The van der Waals surface area contributed by atoms with Crippen LogP contribution < -0.4 is 0 Å². The van der Waals surface area contributed by atoms with Gasteiger partial charge in [0.05, 0.1) is 23.9 Å². The van der Waals surface area contributed by atoms with Crippen LogP contribution in [0.5, 0.6) is 0 Å². The smallest absolute Gasteiger partial charge is 0.160 e. The summed E-state index contributed by atoms with van der Waals surface area (Å²) in [5, 5.41) is 31.8. The van der Waals surface area contributed by atoms with E-state index in [9.17, 15) is 5.11 Å². The Morgan fingerprint density at radius 3 is 2.82 bits per heavy atom. The molecule has 1 atom stereocenters. The van der Waals surface area contributed by atoms with Gasteiger partial charge >= 0.3 is 0 Å². The molecule has 0 spiro atoms. The molecule has 0 bridgehead atoms. The molecule has 1 aliphatic heterocycles. The van der Waals surface area contributed by atoms with Gasteiger partial charge in [-0.2, -0.15) is 11.8 Å². The predicted molar refractivity (Wildman–Crippen MR) is 135 cm³/mol. The van der Waals surface area contributed by atoms with Gasteiger partial charge in [0.15, 0.2) is 11.5 Å². The first kappa shape index (κ1) is 21.9. The van der Waals surface area contributed by atoms with Gasteiger partial charge in [-0.15, -0.1) is 21.5 Å². The highest BCUT2D eigenvalue weighted by Gasteiger charge is 2.36. The number of rotatable bonds is 7. The van der Waals surface area contributed by atoms with Gasteiger partial charge in [-0.3, -0.25) is 9.81 Å². The minimum atomic E-state index is -0.197. The van der Waals surface area contributed by atoms with Crippen LogP contribution in [0.25, 0.3) is 22.5 Å². The topological polar surface area (TPSA) is 90.4 Å². The molecule has 0 aliphatic carbocycles. The van der Waals surface area contributed by atoms with E-state index in [1.807, 2.05) is 63.3 Å². The minimum absolute atomic E-state index is 0.153. The largest absolute Gasteiger partial charge is 0.510 e. The normalized spacial score (nSPS) is 15.1. The van der Waals surface area contributed by atoms with Gasteiger partial charge in [0, 0.05) is 22.2 Å². The zero-order valence-corrected chi connectivity index (χ0v) is 20.2. The Labute approximate surface area is 204 Å². The summed E-state index contributed by atoms with van der Waals surface area (Å²) >= 11 is 9.16. The number of thioether (sulfide) groups is 1. The molecule has 33 heavy (non-hydrogen) atoms. The van der Waals surface area contributed by atoms with Gasteiger partial charge < -0.3 is 10.0 Å². The Bertz CT molecular complexity index is 1350. The average Bonchev–Trinajstić information content (AvgIpc) is 3.53.